The SMILES string of the molecule is Cc1cc(C)cc(S(=O)(=O)N2CCC(C(=O)CCc3ccc(F)cc3)CC2)c1. The second-order valence-corrected chi connectivity index (χ2v) is 9.53. The first-order valence-electron chi connectivity index (χ1n) is 9.61. The number of halogens is 1. The second kappa shape index (κ2) is 8.53. The van der Waals surface area contributed by atoms with Crippen molar-refractivity contribution < 1.29 is 17.6 Å². The van der Waals surface area contributed by atoms with Crippen LogP contribution in [0.25, 0.3) is 0 Å². The molecular formula is C22H26FNO3S. The lowest BCUT2D eigenvalue weighted by molar-refractivity contribution is -0.123. The van der Waals surface area contributed by atoms with Crippen molar-refractivity contribution in [3.8, 4) is 0 Å². The number of carbonyl (C=O) groups excluding carboxylic acids is 1. The Kier molecular flexibility index (Phi) is 6.30. The number of carbonyl (C=O) groups is 1. The van der Waals surface area contributed by atoms with E-state index >= 15 is 0 Å². The van der Waals surface area contributed by atoms with E-state index < -0.39 is 10.0 Å². The average Bonchev–Trinajstić information content (AvgIpc) is 2.66. The van der Waals surface area contributed by atoms with Crippen LogP contribution in [0.1, 0.15) is 36.0 Å². The Hall–Kier alpha value is -2.05. The Morgan fingerprint density at radius 2 is 1.61 bits per heavy atom. The third-order valence-corrected chi connectivity index (χ3v) is 7.19. The van der Waals surface area contributed by atoms with Gasteiger partial charge in [0.25, 0.3) is 0 Å². The summed E-state index contributed by atoms with van der Waals surface area (Å²) in [6.45, 7) is 4.50. The summed E-state index contributed by atoms with van der Waals surface area (Å²) in [5.41, 5.74) is 2.78. The van der Waals surface area contributed by atoms with Crippen LogP contribution in [0.3, 0.4) is 0 Å². The largest absolute Gasteiger partial charge is 0.299 e. The highest BCUT2D eigenvalue weighted by Gasteiger charge is 2.32. The van der Waals surface area contributed by atoms with Gasteiger partial charge in [-0.3, -0.25) is 4.79 Å². The third-order valence-electron chi connectivity index (χ3n) is 5.32. The van der Waals surface area contributed by atoms with Crippen molar-refractivity contribution in [3.05, 3.63) is 65.0 Å². The molecule has 2 aromatic carbocycles. The Balaban J connectivity index is 1.57. The Labute approximate surface area is 166 Å². The lowest BCUT2D eigenvalue weighted by Crippen LogP contribution is -2.40. The molecule has 0 atom stereocenters. The fourth-order valence-electron chi connectivity index (χ4n) is 3.77. The third kappa shape index (κ3) is 4.86. The number of benzene rings is 2. The van der Waals surface area contributed by atoms with Crippen LogP contribution in [0.2, 0.25) is 0 Å². The second-order valence-electron chi connectivity index (χ2n) is 7.59. The molecule has 1 heterocycles. The first-order chi connectivity index (χ1) is 13.3. The summed E-state index contributed by atoms with van der Waals surface area (Å²) in [4.78, 5) is 12.8. The predicted molar refractivity (Wildman–Crippen MR) is 107 cm³/mol. The molecule has 3 rings (SSSR count). The summed E-state index contributed by atoms with van der Waals surface area (Å²) >= 11 is 0. The zero-order valence-electron chi connectivity index (χ0n) is 16.3. The molecule has 4 nitrogen and oxygen atoms in total. The summed E-state index contributed by atoms with van der Waals surface area (Å²) in [6.07, 6.45) is 2.08. The summed E-state index contributed by atoms with van der Waals surface area (Å²) in [5, 5.41) is 0. The van der Waals surface area contributed by atoms with E-state index in [0.717, 1.165) is 16.7 Å². The summed E-state index contributed by atoms with van der Waals surface area (Å²) < 4.78 is 40.3. The lowest BCUT2D eigenvalue weighted by Gasteiger charge is -2.30. The Morgan fingerprint density at radius 1 is 1.04 bits per heavy atom. The van der Waals surface area contributed by atoms with Crippen LogP contribution in [-0.2, 0) is 21.2 Å². The van der Waals surface area contributed by atoms with Gasteiger partial charge in [-0.1, -0.05) is 18.2 Å². The minimum Gasteiger partial charge on any atom is -0.299 e. The Bertz CT molecular complexity index is 926. The van der Waals surface area contributed by atoms with Crippen LogP contribution in [0.15, 0.2) is 47.4 Å². The van der Waals surface area contributed by atoms with Crippen molar-refractivity contribution in [3.63, 3.8) is 0 Å². The minimum atomic E-state index is -3.53. The summed E-state index contributed by atoms with van der Waals surface area (Å²) in [6, 6.07) is 11.5. The van der Waals surface area contributed by atoms with Gasteiger partial charge in [0.15, 0.2) is 0 Å². The van der Waals surface area contributed by atoms with E-state index in [1.807, 2.05) is 19.9 Å². The predicted octanol–water partition coefficient (Wildman–Crippen LogP) is 4.05. The van der Waals surface area contributed by atoms with E-state index in [2.05, 4.69) is 0 Å². The molecule has 1 aliphatic rings. The first kappa shape index (κ1) is 20.7. The maximum absolute atomic E-state index is 13.0. The topological polar surface area (TPSA) is 54.5 Å². The molecule has 2 aromatic rings. The van der Waals surface area contributed by atoms with Crippen molar-refractivity contribution in [1.29, 1.82) is 0 Å². The van der Waals surface area contributed by atoms with Gasteiger partial charge in [-0.15, -0.1) is 0 Å². The number of rotatable bonds is 6. The van der Waals surface area contributed by atoms with E-state index in [0.29, 0.717) is 43.7 Å². The van der Waals surface area contributed by atoms with Gasteiger partial charge in [-0.2, -0.15) is 4.31 Å². The number of Topliss-reactive ketones (excluding diaryl/α,β-unsaturated/α-hetero) is 1. The molecule has 6 heteroatoms. The Morgan fingerprint density at radius 3 is 2.18 bits per heavy atom. The van der Waals surface area contributed by atoms with Crippen LogP contribution in [-0.4, -0.2) is 31.6 Å². The first-order valence-corrected chi connectivity index (χ1v) is 11.1. The number of hydrogen-bond donors (Lipinski definition) is 0. The van der Waals surface area contributed by atoms with Gasteiger partial charge in [0.2, 0.25) is 10.0 Å². The maximum atomic E-state index is 13.0. The molecule has 150 valence electrons. The highest BCUT2D eigenvalue weighted by atomic mass is 32.2. The van der Waals surface area contributed by atoms with Crippen LogP contribution in [0.4, 0.5) is 4.39 Å². The van der Waals surface area contributed by atoms with Gasteiger partial charge >= 0.3 is 0 Å². The van der Waals surface area contributed by atoms with E-state index in [-0.39, 0.29) is 17.5 Å². The van der Waals surface area contributed by atoms with Crippen molar-refractivity contribution in [2.45, 2.75) is 44.4 Å². The van der Waals surface area contributed by atoms with E-state index in [1.165, 1.54) is 16.4 Å². The normalized spacial score (nSPS) is 16.2. The smallest absolute Gasteiger partial charge is 0.243 e. The molecular weight excluding hydrogens is 377 g/mol. The molecule has 0 aromatic heterocycles. The molecule has 0 amide bonds. The quantitative estimate of drug-likeness (QED) is 0.731. The molecule has 0 aliphatic carbocycles. The summed E-state index contributed by atoms with van der Waals surface area (Å²) in [7, 11) is -3.53. The number of ketones is 1. The van der Waals surface area contributed by atoms with Crippen LogP contribution < -0.4 is 0 Å². The molecule has 28 heavy (non-hydrogen) atoms. The van der Waals surface area contributed by atoms with Gasteiger partial charge in [-0.25, -0.2) is 12.8 Å². The highest BCUT2D eigenvalue weighted by molar-refractivity contribution is 7.89. The highest BCUT2D eigenvalue weighted by Crippen LogP contribution is 2.26. The van der Waals surface area contributed by atoms with Crippen LogP contribution >= 0.6 is 0 Å². The molecule has 0 spiro atoms. The number of hydrogen-bond acceptors (Lipinski definition) is 3. The van der Waals surface area contributed by atoms with Gasteiger partial charge < -0.3 is 0 Å². The van der Waals surface area contributed by atoms with Gasteiger partial charge in [0.05, 0.1) is 4.90 Å². The minimum absolute atomic E-state index is 0.105. The summed E-state index contributed by atoms with van der Waals surface area (Å²) in [5.74, 6) is -0.230. The fraction of sp³-hybridized carbons (Fsp3) is 0.409. The molecule has 0 saturated carbocycles. The molecule has 0 bridgehead atoms. The number of piperidine rings is 1. The molecule has 1 fully saturated rings. The van der Waals surface area contributed by atoms with Crippen LogP contribution in [0, 0.1) is 25.6 Å². The van der Waals surface area contributed by atoms with Crippen molar-refractivity contribution in [2.75, 3.05) is 13.1 Å². The van der Waals surface area contributed by atoms with Crippen molar-refractivity contribution >= 4 is 15.8 Å². The number of nitrogens with zero attached hydrogens (tertiary/aromatic N) is 1. The fourth-order valence-corrected chi connectivity index (χ4v) is 5.43. The van der Waals surface area contributed by atoms with E-state index in [4.69, 9.17) is 0 Å². The number of aryl methyl sites for hydroxylation is 3. The zero-order valence-corrected chi connectivity index (χ0v) is 17.1. The van der Waals surface area contributed by atoms with Crippen molar-refractivity contribution in [1.82, 2.24) is 4.31 Å². The standard InChI is InChI=1S/C22H26FNO3S/c1-16-13-17(2)15-21(14-16)28(26,27)24-11-9-19(10-12-24)22(25)8-5-18-3-6-20(23)7-4-18/h3-4,6-7,13-15,19H,5,8-12H2,1-2H3. The molecule has 1 aliphatic heterocycles. The van der Waals surface area contributed by atoms with Gasteiger partial charge in [0.1, 0.15) is 11.6 Å². The molecule has 0 N–H and O–H groups in total. The van der Waals surface area contributed by atoms with E-state index in [1.54, 1.807) is 24.3 Å². The monoisotopic (exact) mass is 403 g/mol. The lowest BCUT2D eigenvalue weighted by atomic mass is 9.90. The molecule has 0 unspecified atom stereocenters. The number of sulfonamides is 1. The van der Waals surface area contributed by atoms with Crippen LogP contribution in [0.5, 0.6) is 0 Å². The van der Waals surface area contributed by atoms with Gasteiger partial charge in [-0.05, 0) is 74.1 Å². The molecule has 1 saturated heterocycles. The average molecular weight is 404 g/mol. The van der Waals surface area contributed by atoms with Crippen molar-refractivity contribution in [2.24, 2.45) is 5.92 Å². The zero-order chi connectivity index (χ0) is 20.3. The molecule has 0 radical (unpaired) electrons. The van der Waals surface area contributed by atoms with Gasteiger partial charge in [0, 0.05) is 25.4 Å². The maximum Gasteiger partial charge on any atom is 0.243 e. The van der Waals surface area contributed by atoms with E-state index in [9.17, 15) is 17.6 Å².